The molecule has 0 heterocycles. The molecule has 0 aliphatic heterocycles. The zero-order chi connectivity index (χ0) is 36.1. The van der Waals surface area contributed by atoms with Crippen molar-refractivity contribution < 1.29 is 67.0 Å². The van der Waals surface area contributed by atoms with Crippen molar-refractivity contribution >= 4 is 85.4 Å². The van der Waals surface area contributed by atoms with Crippen molar-refractivity contribution in [2.75, 3.05) is 5.73 Å². The number of phenols is 2. The number of nitro groups is 1. The van der Waals surface area contributed by atoms with Crippen molar-refractivity contribution in [1.29, 1.82) is 0 Å². The highest BCUT2D eigenvalue weighted by atomic mass is 32.2. The normalized spacial score (nSPS) is 13.1. The third-order valence-corrected chi connectivity index (χ3v) is 9.56. The molecule has 26 heteroatoms. The average molecular weight is 749 g/mol. The fraction of sp³-hybridized carbons (Fsp3) is 0. The van der Waals surface area contributed by atoms with Crippen LogP contribution in [-0.4, -0.2) is 67.0 Å². The van der Waals surface area contributed by atoms with E-state index in [1.807, 2.05) is 0 Å². The Balaban J connectivity index is 2.04. The molecule has 48 heavy (non-hydrogen) atoms. The van der Waals surface area contributed by atoms with E-state index >= 15 is 0 Å². The van der Waals surface area contributed by atoms with Gasteiger partial charge in [0.2, 0.25) is 0 Å². The maximum atomic E-state index is 12.2. The second-order valence-corrected chi connectivity index (χ2v) is 14.7. The van der Waals surface area contributed by atoms with Crippen LogP contribution in [-0.2, 0) is 40.5 Å². The molecule has 0 unspecified atom stereocenters. The Morgan fingerprint density at radius 2 is 1.08 bits per heavy atom. The lowest BCUT2D eigenvalue weighted by Gasteiger charge is -2.13. The summed E-state index contributed by atoms with van der Waals surface area (Å²) in [7, 11) is -20.9. The first-order chi connectivity index (χ1) is 21.9. The van der Waals surface area contributed by atoms with Gasteiger partial charge in [-0.2, -0.15) is 38.8 Å². The number of benzene rings is 4. The Labute approximate surface area is 267 Å². The van der Waals surface area contributed by atoms with E-state index in [1.165, 1.54) is 0 Å². The van der Waals surface area contributed by atoms with Gasteiger partial charge in [0.25, 0.3) is 46.2 Å². The summed E-state index contributed by atoms with van der Waals surface area (Å²) in [5.74, 6) is -2.74. The molecule has 0 saturated carbocycles. The molecular weight excluding hydrogens is 733 g/mol. The molecular formula is C22H16N6O16S4. The van der Waals surface area contributed by atoms with Crippen LogP contribution < -0.4 is 5.73 Å². The van der Waals surface area contributed by atoms with Crippen molar-refractivity contribution in [1.82, 2.24) is 0 Å². The molecule has 8 N–H and O–H groups in total. The van der Waals surface area contributed by atoms with Crippen molar-refractivity contribution in [2.45, 2.75) is 19.6 Å². The lowest BCUT2D eigenvalue weighted by atomic mass is 10.1. The highest BCUT2D eigenvalue weighted by Gasteiger charge is 2.29. The molecule has 0 aromatic heterocycles. The third kappa shape index (κ3) is 7.18. The van der Waals surface area contributed by atoms with Gasteiger partial charge in [0.15, 0.2) is 11.5 Å². The van der Waals surface area contributed by atoms with Crippen LogP contribution in [0.4, 0.5) is 34.1 Å². The third-order valence-electron chi connectivity index (χ3n) is 6.04. The van der Waals surface area contributed by atoms with E-state index in [9.17, 15) is 72.2 Å². The van der Waals surface area contributed by atoms with Gasteiger partial charge in [-0.25, -0.2) is 0 Å². The SMILES string of the molecule is Nc1ccc(N=Nc2c(S(=O)(=O)O)cc3cc(S(=O)(=O)O)c(N=Nc4ccc([N+](=O)[O-])cc4S(=O)(=O)O)c(O)c3c2O)cc1S(=O)(=O)O. The topological polar surface area (TPSA) is 377 Å². The zero-order valence-corrected chi connectivity index (χ0v) is 26.1. The molecule has 0 fully saturated rings. The van der Waals surface area contributed by atoms with Gasteiger partial charge in [-0.05, 0) is 41.8 Å². The number of anilines is 1. The first-order valence-electron chi connectivity index (χ1n) is 11.9. The minimum atomic E-state index is -5.43. The first-order valence-corrected chi connectivity index (χ1v) is 17.6. The summed E-state index contributed by atoms with van der Waals surface area (Å²) >= 11 is 0. The molecule has 0 bridgehead atoms. The predicted molar refractivity (Wildman–Crippen MR) is 159 cm³/mol. The number of hydrogen-bond donors (Lipinski definition) is 7. The highest BCUT2D eigenvalue weighted by Crippen LogP contribution is 2.50. The van der Waals surface area contributed by atoms with Crippen LogP contribution in [0.3, 0.4) is 0 Å². The molecule has 254 valence electrons. The number of phenolic OH excluding ortho intramolecular Hbond substituents is 2. The van der Waals surface area contributed by atoms with Crippen molar-refractivity contribution in [3.8, 4) is 11.5 Å². The molecule has 4 aromatic rings. The van der Waals surface area contributed by atoms with Gasteiger partial charge in [0.1, 0.15) is 36.6 Å². The van der Waals surface area contributed by atoms with Gasteiger partial charge < -0.3 is 15.9 Å². The maximum Gasteiger partial charge on any atom is 0.297 e. The fourth-order valence-electron chi connectivity index (χ4n) is 3.97. The van der Waals surface area contributed by atoms with Gasteiger partial charge in [0, 0.05) is 12.1 Å². The second kappa shape index (κ2) is 12.1. The van der Waals surface area contributed by atoms with E-state index in [-0.39, 0.29) is 0 Å². The molecule has 4 rings (SSSR count). The Morgan fingerprint density at radius 1 is 0.604 bits per heavy atom. The quantitative estimate of drug-likeness (QED) is 0.0423. The minimum absolute atomic E-state index is 0.369. The summed E-state index contributed by atoms with van der Waals surface area (Å²) in [5, 5.41) is 45.3. The number of rotatable bonds is 9. The summed E-state index contributed by atoms with van der Waals surface area (Å²) in [5.41, 5.74) is 0.588. The number of nitro benzene ring substituents is 1. The van der Waals surface area contributed by atoms with E-state index in [4.69, 9.17) is 5.73 Å². The number of nitrogen functional groups attached to an aromatic ring is 1. The van der Waals surface area contributed by atoms with Crippen LogP contribution >= 0.6 is 0 Å². The molecule has 0 aliphatic carbocycles. The second-order valence-electron chi connectivity index (χ2n) is 9.17. The van der Waals surface area contributed by atoms with Gasteiger partial charge >= 0.3 is 0 Å². The van der Waals surface area contributed by atoms with Gasteiger partial charge in [-0.1, -0.05) is 0 Å². The smallest absolute Gasteiger partial charge is 0.297 e. The predicted octanol–water partition coefficient (Wildman–Crippen LogP) is 3.56. The maximum absolute atomic E-state index is 12.2. The molecule has 0 amide bonds. The van der Waals surface area contributed by atoms with E-state index in [0.29, 0.717) is 36.4 Å². The summed E-state index contributed by atoms with van der Waals surface area (Å²) in [6.07, 6.45) is 0. The lowest BCUT2D eigenvalue weighted by molar-refractivity contribution is -0.385. The fourth-order valence-corrected chi connectivity index (χ4v) is 6.57. The van der Waals surface area contributed by atoms with E-state index in [2.05, 4.69) is 20.5 Å². The van der Waals surface area contributed by atoms with E-state index in [0.717, 1.165) is 12.1 Å². The summed E-state index contributed by atoms with van der Waals surface area (Å²) in [6.45, 7) is 0. The van der Waals surface area contributed by atoms with Crippen LogP contribution in [0.25, 0.3) is 10.8 Å². The monoisotopic (exact) mass is 748 g/mol. The molecule has 4 aromatic carbocycles. The lowest BCUT2D eigenvalue weighted by Crippen LogP contribution is -2.02. The Kier molecular flexibility index (Phi) is 8.98. The highest BCUT2D eigenvalue weighted by molar-refractivity contribution is 7.86. The largest absolute Gasteiger partial charge is 0.505 e. The Morgan fingerprint density at radius 3 is 1.54 bits per heavy atom. The standard InChI is InChI=1S/C22H16N6O16S4/c23-12-3-1-10(7-14(12)45(33,34)35)24-26-19-16(47(39,40)41)5-9-6-17(48(42,43)44)20(22(30)18(9)21(19)29)27-25-13-4-2-11(28(31)32)8-15(13)46(36,37)38/h1-8,29-30H,23H2,(H,33,34,35)(H,36,37,38)(H,39,40,41)(H,42,43,44). The minimum Gasteiger partial charge on any atom is -0.505 e. The van der Waals surface area contributed by atoms with Crippen LogP contribution in [0, 0.1) is 10.1 Å². The number of nitrogens with zero attached hydrogens (tertiary/aromatic N) is 5. The average Bonchev–Trinajstić information content (AvgIpc) is 2.94. The Bertz CT molecular complexity index is 2570. The molecule has 0 spiro atoms. The van der Waals surface area contributed by atoms with Gasteiger partial charge in [-0.15, -0.1) is 15.3 Å². The number of azo groups is 2. The van der Waals surface area contributed by atoms with Crippen molar-refractivity contribution in [2.24, 2.45) is 20.5 Å². The number of nitrogens with two attached hydrogens (primary N) is 1. The number of non-ortho nitro benzene ring substituents is 1. The summed E-state index contributed by atoms with van der Waals surface area (Å²) < 4.78 is 134. The molecule has 0 saturated heterocycles. The summed E-state index contributed by atoms with van der Waals surface area (Å²) in [4.78, 5) is 5.39. The summed E-state index contributed by atoms with van der Waals surface area (Å²) in [6, 6.07) is 5.33. The van der Waals surface area contributed by atoms with E-state index < -0.39 is 121 Å². The number of aromatic hydroxyl groups is 2. The number of fused-ring (bicyclic) bond motifs is 1. The Hall–Kier alpha value is -5.22. The molecule has 22 nitrogen and oxygen atoms in total. The van der Waals surface area contributed by atoms with Crippen molar-refractivity contribution in [3.05, 3.63) is 58.6 Å². The van der Waals surface area contributed by atoms with Crippen LogP contribution in [0.2, 0.25) is 0 Å². The van der Waals surface area contributed by atoms with Crippen LogP contribution in [0.15, 0.2) is 88.6 Å². The molecule has 0 aliphatic rings. The van der Waals surface area contributed by atoms with Crippen LogP contribution in [0.5, 0.6) is 11.5 Å². The molecule has 0 atom stereocenters. The molecule has 0 radical (unpaired) electrons. The zero-order valence-electron chi connectivity index (χ0n) is 22.8. The van der Waals surface area contributed by atoms with Gasteiger partial charge in [-0.3, -0.25) is 28.3 Å². The van der Waals surface area contributed by atoms with Crippen molar-refractivity contribution in [3.63, 3.8) is 0 Å². The first kappa shape index (κ1) is 35.6. The van der Waals surface area contributed by atoms with Crippen LogP contribution in [0.1, 0.15) is 0 Å². The van der Waals surface area contributed by atoms with Gasteiger partial charge in [0.05, 0.1) is 21.7 Å². The number of hydrogen-bond acceptors (Lipinski definition) is 17. The van der Waals surface area contributed by atoms with E-state index in [1.54, 1.807) is 0 Å².